The van der Waals surface area contributed by atoms with Crippen LogP contribution in [0.25, 0.3) is 0 Å². The molecule has 0 aliphatic rings. The second-order valence-corrected chi connectivity index (χ2v) is 8.14. The van der Waals surface area contributed by atoms with Crippen molar-refractivity contribution in [2.75, 3.05) is 5.32 Å². The van der Waals surface area contributed by atoms with Gasteiger partial charge in [-0.1, -0.05) is 6.92 Å². The smallest absolute Gasteiger partial charge is 0.341 e. The maximum Gasteiger partial charge on any atom is 0.341 e. The third-order valence-corrected chi connectivity index (χ3v) is 5.53. The van der Waals surface area contributed by atoms with Crippen LogP contribution in [0.3, 0.4) is 0 Å². The van der Waals surface area contributed by atoms with Gasteiger partial charge in [0, 0.05) is 23.4 Å². The summed E-state index contributed by atoms with van der Waals surface area (Å²) >= 11 is 0. The van der Waals surface area contributed by atoms with Crippen LogP contribution in [-0.2, 0) is 9.84 Å². The SMILES string of the molecule is CCC(C)NC(=O)c1ccc(Nc2ccc(S(=O)(=O)C(F)F)cc2[N+](=O)[O-])cc1. The standard InChI is InChI=1S/C18H19F2N3O5S/c1-3-11(2)21-17(24)12-4-6-13(7-5-12)22-15-9-8-14(10-16(15)23(25)26)29(27,28)18(19)20/h4-11,18,22H,3H2,1-2H3,(H,21,24). The van der Waals surface area contributed by atoms with Crippen molar-refractivity contribution < 1.29 is 26.9 Å². The molecule has 0 saturated carbocycles. The van der Waals surface area contributed by atoms with Crippen molar-refractivity contribution in [2.24, 2.45) is 0 Å². The van der Waals surface area contributed by atoms with Crippen LogP contribution < -0.4 is 10.6 Å². The topological polar surface area (TPSA) is 118 Å². The minimum atomic E-state index is -4.96. The van der Waals surface area contributed by atoms with Gasteiger partial charge in [0.1, 0.15) is 5.69 Å². The highest BCUT2D eigenvalue weighted by Crippen LogP contribution is 2.31. The van der Waals surface area contributed by atoms with Gasteiger partial charge in [-0.25, -0.2) is 8.42 Å². The Bertz CT molecular complexity index is 1010. The number of benzene rings is 2. The number of hydrogen-bond acceptors (Lipinski definition) is 6. The molecule has 29 heavy (non-hydrogen) atoms. The van der Waals surface area contributed by atoms with E-state index in [1.165, 1.54) is 24.3 Å². The first-order valence-electron chi connectivity index (χ1n) is 8.54. The van der Waals surface area contributed by atoms with Crippen LogP contribution in [-0.4, -0.2) is 31.0 Å². The third kappa shape index (κ3) is 5.25. The Hall–Kier alpha value is -3.08. The molecule has 0 bridgehead atoms. The van der Waals surface area contributed by atoms with E-state index in [0.717, 1.165) is 18.6 Å². The Balaban J connectivity index is 2.28. The first-order valence-corrected chi connectivity index (χ1v) is 10.1. The number of rotatable bonds is 8. The molecule has 8 nitrogen and oxygen atoms in total. The number of alkyl halides is 2. The molecule has 0 spiro atoms. The lowest BCUT2D eigenvalue weighted by Gasteiger charge is -2.12. The summed E-state index contributed by atoms with van der Waals surface area (Å²) in [5, 5.41) is 16.8. The van der Waals surface area contributed by atoms with Crippen LogP contribution >= 0.6 is 0 Å². The molecule has 1 amide bonds. The zero-order valence-corrected chi connectivity index (χ0v) is 16.4. The predicted octanol–water partition coefficient (Wildman–Crippen LogP) is 3.86. The molecule has 0 saturated heterocycles. The average Bonchev–Trinajstić information content (AvgIpc) is 2.68. The Kier molecular flexibility index (Phi) is 6.85. The van der Waals surface area contributed by atoms with Crippen LogP contribution in [0.4, 0.5) is 25.8 Å². The number of amides is 1. The fraction of sp³-hybridized carbons (Fsp3) is 0.278. The maximum atomic E-state index is 12.7. The average molecular weight is 427 g/mol. The van der Waals surface area contributed by atoms with Crippen molar-refractivity contribution in [1.29, 1.82) is 0 Å². The molecule has 2 rings (SSSR count). The first kappa shape index (κ1) is 22.2. The van der Waals surface area contributed by atoms with Crippen molar-refractivity contribution in [3.8, 4) is 0 Å². The van der Waals surface area contributed by atoms with E-state index in [2.05, 4.69) is 10.6 Å². The molecule has 156 valence electrons. The lowest BCUT2D eigenvalue weighted by molar-refractivity contribution is -0.384. The Morgan fingerprint density at radius 3 is 2.31 bits per heavy atom. The molecule has 0 radical (unpaired) electrons. The number of nitro groups is 1. The van der Waals surface area contributed by atoms with Crippen LogP contribution in [0.15, 0.2) is 47.4 Å². The zero-order valence-electron chi connectivity index (χ0n) is 15.6. The van der Waals surface area contributed by atoms with E-state index < -0.39 is 31.1 Å². The van der Waals surface area contributed by atoms with Gasteiger partial charge in [0.25, 0.3) is 11.6 Å². The molecule has 2 N–H and O–H groups in total. The van der Waals surface area contributed by atoms with Crippen LogP contribution in [0, 0.1) is 10.1 Å². The molecular formula is C18H19F2N3O5S. The molecule has 0 aliphatic heterocycles. The minimum absolute atomic E-state index is 0.00554. The van der Waals surface area contributed by atoms with Crippen molar-refractivity contribution in [1.82, 2.24) is 5.32 Å². The molecule has 0 aliphatic carbocycles. The molecule has 1 atom stereocenters. The van der Waals surface area contributed by atoms with E-state index in [9.17, 15) is 32.1 Å². The largest absolute Gasteiger partial charge is 0.350 e. The molecule has 11 heteroatoms. The summed E-state index contributed by atoms with van der Waals surface area (Å²) in [6, 6.07) is 8.55. The highest BCUT2D eigenvalue weighted by atomic mass is 32.2. The number of carbonyl (C=O) groups excluding carboxylic acids is 1. The van der Waals surface area contributed by atoms with E-state index in [1.54, 1.807) is 0 Å². The minimum Gasteiger partial charge on any atom is -0.350 e. The summed E-state index contributed by atoms with van der Waals surface area (Å²) in [7, 11) is -4.96. The molecule has 0 aromatic heterocycles. The van der Waals surface area contributed by atoms with Crippen LogP contribution in [0.2, 0.25) is 0 Å². The monoisotopic (exact) mass is 427 g/mol. The Morgan fingerprint density at radius 2 is 1.79 bits per heavy atom. The molecule has 2 aromatic carbocycles. The second kappa shape index (κ2) is 8.95. The van der Waals surface area contributed by atoms with E-state index in [1.807, 2.05) is 13.8 Å². The van der Waals surface area contributed by atoms with Gasteiger partial charge < -0.3 is 10.6 Å². The van der Waals surface area contributed by atoms with E-state index in [4.69, 9.17) is 0 Å². The van der Waals surface area contributed by atoms with Crippen molar-refractivity contribution in [2.45, 2.75) is 37.0 Å². The van der Waals surface area contributed by atoms with Gasteiger partial charge in [0.2, 0.25) is 9.84 Å². The highest BCUT2D eigenvalue weighted by molar-refractivity contribution is 7.91. The summed E-state index contributed by atoms with van der Waals surface area (Å²) in [4.78, 5) is 21.6. The van der Waals surface area contributed by atoms with Gasteiger partial charge >= 0.3 is 5.76 Å². The number of nitrogens with zero attached hydrogens (tertiary/aromatic N) is 1. The number of hydrogen-bond donors (Lipinski definition) is 2. The summed E-state index contributed by atoms with van der Waals surface area (Å²) in [5.74, 6) is -3.95. The maximum absolute atomic E-state index is 12.7. The van der Waals surface area contributed by atoms with Crippen LogP contribution in [0.5, 0.6) is 0 Å². The van der Waals surface area contributed by atoms with E-state index >= 15 is 0 Å². The number of sulfone groups is 1. The first-order chi connectivity index (χ1) is 13.6. The fourth-order valence-electron chi connectivity index (χ4n) is 2.32. The van der Waals surface area contributed by atoms with Crippen molar-refractivity contribution >= 4 is 32.8 Å². The Labute approximate surface area is 166 Å². The number of nitrogens with one attached hydrogen (secondary N) is 2. The van der Waals surface area contributed by atoms with Gasteiger partial charge in [-0.3, -0.25) is 14.9 Å². The zero-order chi connectivity index (χ0) is 21.8. The summed E-state index contributed by atoms with van der Waals surface area (Å²) < 4.78 is 48.4. The summed E-state index contributed by atoms with van der Waals surface area (Å²) in [6.45, 7) is 3.80. The van der Waals surface area contributed by atoms with Gasteiger partial charge in [-0.05, 0) is 49.7 Å². The molecule has 0 fully saturated rings. The number of nitro benzene ring substituents is 1. The van der Waals surface area contributed by atoms with Crippen molar-refractivity contribution in [3.63, 3.8) is 0 Å². The second-order valence-electron chi connectivity index (χ2n) is 6.23. The van der Waals surface area contributed by atoms with Crippen LogP contribution in [0.1, 0.15) is 30.6 Å². The predicted molar refractivity (Wildman–Crippen MR) is 103 cm³/mol. The molecule has 1 unspecified atom stereocenters. The fourth-order valence-corrected chi connectivity index (χ4v) is 3.06. The van der Waals surface area contributed by atoms with Gasteiger partial charge in [-0.2, -0.15) is 8.78 Å². The number of carbonyl (C=O) groups is 1. The number of anilines is 2. The Morgan fingerprint density at radius 1 is 1.17 bits per heavy atom. The third-order valence-electron chi connectivity index (χ3n) is 4.14. The lowest BCUT2D eigenvalue weighted by Crippen LogP contribution is -2.31. The summed E-state index contributed by atoms with van der Waals surface area (Å²) in [5.41, 5.74) is 0.0201. The van der Waals surface area contributed by atoms with Crippen molar-refractivity contribution in [3.05, 3.63) is 58.1 Å². The van der Waals surface area contributed by atoms with Gasteiger partial charge in [0.05, 0.1) is 9.82 Å². The lowest BCUT2D eigenvalue weighted by atomic mass is 10.1. The van der Waals surface area contributed by atoms with Gasteiger partial charge in [0.15, 0.2) is 0 Å². The quantitative estimate of drug-likeness (QED) is 0.488. The highest BCUT2D eigenvalue weighted by Gasteiger charge is 2.29. The molecular weight excluding hydrogens is 408 g/mol. The molecule has 2 aromatic rings. The molecule has 0 heterocycles. The summed E-state index contributed by atoms with van der Waals surface area (Å²) in [6.07, 6.45) is 0.770. The number of halogens is 2. The van der Waals surface area contributed by atoms with E-state index in [0.29, 0.717) is 17.3 Å². The normalized spacial score (nSPS) is 12.4. The van der Waals surface area contributed by atoms with Gasteiger partial charge in [-0.15, -0.1) is 0 Å². The van der Waals surface area contributed by atoms with E-state index in [-0.39, 0.29) is 17.6 Å².